The van der Waals surface area contributed by atoms with Crippen molar-refractivity contribution >= 4 is 15.9 Å². The van der Waals surface area contributed by atoms with Gasteiger partial charge in [0.2, 0.25) is 15.9 Å². The summed E-state index contributed by atoms with van der Waals surface area (Å²) in [5, 5.41) is 3.21. The Morgan fingerprint density at radius 3 is 2.52 bits per heavy atom. The van der Waals surface area contributed by atoms with Crippen molar-refractivity contribution in [2.75, 3.05) is 13.1 Å². The first-order chi connectivity index (χ1) is 9.74. The average Bonchev–Trinajstić information content (AvgIpc) is 2.37. The largest absolute Gasteiger partial charge is 0.366 e. The standard InChI is InChI=1S/C14H23N3O3S/c1-10(2)16-7-4-8-17-21(19,20)12-6-5-11(3)13(9-12)14(15)18/h5-6,9-10,16-17H,4,7-8H2,1-3H3,(H2,15,18). The molecule has 4 N–H and O–H groups in total. The number of aryl methyl sites for hydroxylation is 1. The highest BCUT2D eigenvalue weighted by Crippen LogP contribution is 2.15. The SMILES string of the molecule is Cc1ccc(S(=O)(=O)NCCCNC(C)C)cc1C(N)=O. The van der Waals surface area contributed by atoms with Gasteiger partial charge in [-0.05, 0) is 37.6 Å². The van der Waals surface area contributed by atoms with E-state index in [9.17, 15) is 13.2 Å². The van der Waals surface area contributed by atoms with E-state index in [1.54, 1.807) is 13.0 Å². The molecule has 0 unspecified atom stereocenters. The van der Waals surface area contributed by atoms with Crippen molar-refractivity contribution < 1.29 is 13.2 Å². The second kappa shape index (κ2) is 7.53. The summed E-state index contributed by atoms with van der Waals surface area (Å²) in [6, 6.07) is 4.73. The third-order valence-corrected chi connectivity index (χ3v) is 4.44. The molecule has 0 aliphatic heterocycles. The van der Waals surface area contributed by atoms with Crippen molar-refractivity contribution in [3.63, 3.8) is 0 Å². The van der Waals surface area contributed by atoms with E-state index in [0.717, 1.165) is 6.54 Å². The summed E-state index contributed by atoms with van der Waals surface area (Å²) < 4.78 is 26.8. The molecule has 0 aromatic heterocycles. The Morgan fingerprint density at radius 1 is 1.29 bits per heavy atom. The summed E-state index contributed by atoms with van der Waals surface area (Å²) in [6.45, 7) is 6.84. The monoisotopic (exact) mass is 313 g/mol. The van der Waals surface area contributed by atoms with Crippen molar-refractivity contribution in [1.82, 2.24) is 10.0 Å². The average molecular weight is 313 g/mol. The lowest BCUT2D eigenvalue weighted by Gasteiger charge is -2.10. The molecule has 0 fully saturated rings. The summed E-state index contributed by atoms with van der Waals surface area (Å²) in [4.78, 5) is 11.3. The van der Waals surface area contributed by atoms with Gasteiger partial charge in [0.05, 0.1) is 4.90 Å². The van der Waals surface area contributed by atoms with Crippen LogP contribution in [0.15, 0.2) is 23.1 Å². The first kappa shape index (κ1) is 17.6. The minimum absolute atomic E-state index is 0.0544. The number of benzene rings is 1. The van der Waals surface area contributed by atoms with Gasteiger partial charge in [-0.2, -0.15) is 0 Å². The van der Waals surface area contributed by atoms with Crippen molar-refractivity contribution in [2.24, 2.45) is 5.73 Å². The molecule has 1 rings (SSSR count). The number of primary amides is 1. The van der Waals surface area contributed by atoms with Crippen LogP contribution in [0.2, 0.25) is 0 Å². The normalized spacial score (nSPS) is 11.8. The Morgan fingerprint density at radius 2 is 1.95 bits per heavy atom. The van der Waals surface area contributed by atoms with Gasteiger partial charge >= 0.3 is 0 Å². The van der Waals surface area contributed by atoms with Crippen molar-refractivity contribution in [1.29, 1.82) is 0 Å². The van der Waals surface area contributed by atoms with Crippen LogP contribution >= 0.6 is 0 Å². The first-order valence-electron chi connectivity index (χ1n) is 6.87. The highest BCUT2D eigenvalue weighted by molar-refractivity contribution is 7.89. The molecule has 1 aromatic carbocycles. The van der Waals surface area contributed by atoms with Crippen molar-refractivity contribution in [3.05, 3.63) is 29.3 Å². The van der Waals surface area contributed by atoms with Crippen LogP contribution < -0.4 is 15.8 Å². The number of hydrogen-bond acceptors (Lipinski definition) is 4. The number of sulfonamides is 1. The number of nitrogens with two attached hydrogens (primary N) is 1. The van der Waals surface area contributed by atoms with Gasteiger partial charge in [0.25, 0.3) is 0 Å². The lowest BCUT2D eigenvalue weighted by atomic mass is 10.1. The molecule has 1 aromatic rings. The van der Waals surface area contributed by atoms with Crippen molar-refractivity contribution in [2.45, 2.75) is 38.1 Å². The Bertz CT molecular complexity index is 597. The Labute approximate surface area is 126 Å². The second-order valence-corrected chi connectivity index (χ2v) is 6.97. The van der Waals surface area contributed by atoms with E-state index in [2.05, 4.69) is 10.0 Å². The maximum Gasteiger partial charge on any atom is 0.249 e. The molecule has 0 aliphatic rings. The molecule has 6 nitrogen and oxygen atoms in total. The number of rotatable bonds is 8. The fraction of sp³-hybridized carbons (Fsp3) is 0.500. The van der Waals surface area contributed by atoms with Gasteiger partial charge in [0.1, 0.15) is 0 Å². The molecule has 7 heteroatoms. The quantitative estimate of drug-likeness (QED) is 0.617. The summed E-state index contributed by atoms with van der Waals surface area (Å²) in [5.74, 6) is -0.634. The van der Waals surface area contributed by atoms with Crippen LogP contribution in [-0.4, -0.2) is 33.5 Å². The minimum atomic E-state index is -3.62. The van der Waals surface area contributed by atoms with E-state index in [1.165, 1.54) is 12.1 Å². The van der Waals surface area contributed by atoms with E-state index < -0.39 is 15.9 Å². The number of amides is 1. The predicted octanol–water partition coefficient (Wildman–Crippen LogP) is 0.760. The van der Waals surface area contributed by atoms with Crippen LogP contribution in [-0.2, 0) is 10.0 Å². The molecule has 0 atom stereocenters. The van der Waals surface area contributed by atoms with E-state index >= 15 is 0 Å². The van der Waals surface area contributed by atoms with Gasteiger partial charge in [-0.15, -0.1) is 0 Å². The van der Waals surface area contributed by atoms with E-state index in [1.807, 2.05) is 13.8 Å². The van der Waals surface area contributed by atoms with Crippen LogP contribution in [0.3, 0.4) is 0 Å². The van der Waals surface area contributed by atoms with Crippen molar-refractivity contribution in [3.8, 4) is 0 Å². The van der Waals surface area contributed by atoms with Crippen LogP contribution in [0.1, 0.15) is 36.2 Å². The minimum Gasteiger partial charge on any atom is -0.366 e. The molecular weight excluding hydrogens is 290 g/mol. The fourth-order valence-electron chi connectivity index (χ4n) is 1.80. The van der Waals surface area contributed by atoms with Gasteiger partial charge in [-0.3, -0.25) is 4.79 Å². The molecule has 0 aliphatic carbocycles. The summed E-state index contributed by atoms with van der Waals surface area (Å²) in [6.07, 6.45) is 0.686. The van der Waals surface area contributed by atoms with Crippen LogP contribution in [0.25, 0.3) is 0 Å². The number of nitrogens with one attached hydrogen (secondary N) is 2. The smallest absolute Gasteiger partial charge is 0.249 e. The Kier molecular flexibility index (Phi) is 6.32. The third-order valence-electron chi connectivity index (χ3n) is 2.98. The molecule has 0 saturated heterocycles. The topological polar surface area (TPSA) is 101 Å². The molecule has 21 heavy (non-hydrogen) atoms. The number of carbonyl (C=O) groups is 1. The lowest BCUT2D eigenvalue weighted by molar-refractivity contribution is 0.0999. The van der Waals surface area contributed by atoms with Crippen LogP contribution in [0, 0.1) is 6.92 Å². The number of carbonyl (C=O) groups excluding carboxylic acids is 1. The fourth-order valence-corrected chi connectivity index (χ4v) is 2.90. The molecule has 0 bridgehead atoms. The molecular formula is C14H23N3O3S. The second-order valence-electron chi connectivity index (χ2n) is 5.20. The Hall–Kier alpha value is -1.44. The maximum atomic E-state index is 12.1. The van der Waals surface area contributed by atoms with Gasteiger partial charge < -0.3 is 11.1 Å². The molecule has 0 spiro atoms. The molecule has 0 radical (unpaired) electrons. The van der Waals surface area contributed by atoms with Gasteiger partial charge in [0, 0.05) is 18.2 Å². The molecule has 0 saturated carbocycles. The molecule has 1 amide bonds. The first-order valence-corrected chi connectivity index (χ1v) is 8.36. The van der Waals surface area contributed by atoms with E-state index in [0.29, 0.717) is 24.6 Å². The predicted molar refractivity (Wildman–Crippen MR) is 82.6 cm³/mol. The van der Waals surface area contributed by atoms with Gasteiger partial charge in [-0.25, -0.2) is 13.1 Å². The van der Waals surface area contributed by atoms with E-state index in [4.69, 9.17) is 5.73 Å². The lowest BCUT2D eigenvalue weighted by Crippen LogP contribution is -2.30. The Balaban J connectivity index is 2.70. The zero-order valence-electron chi connectivity index (χ0n) is 12.6. The molecule has 0 heterocycles. The maximum absolute atomic E-state index is 12.1. The zero-order chi connectivity index (χ0) is 16.0. The zero-order valence-corrected chi connectivity index (χ0v) is 13.5. The van der Waals surface area contributed by atoms with Crippen LogP contribution in [0.5, 0.6) is 0 Å². The van der Waals surface area contributed by atoms with Gasteiger partial charge in [-0.1, -0.05) is 19.9 Å². The van der Waals surface area contributed by atoms with Gasteiger partial charge in [0.15, 0.2) is 0 Å². The molecule has 118 valence electrons. The van der Waals surface area contributed by atoms with Crippen LogP contribution in [0.4, 0.5) is 0 Å². The highest BCUT2D eigenvalue weighted by atomic mass is 32.2. The summed E-state index contributed by atoms with van der Waals surface area (Å²) in [5.41, 5.74) is 6.11. The number of hydrogen-bond donors (Lipinski definition) is 3. The third kappa shape index (κ3) is 5.45. The summed E-state index contributed by atoms with van der Waals surface area (Å²) >= 11 is 0. The highest BCUT2D eigenvalue weighted by Gasteiger charge is 2.16. The summed E-state index contributed by atoms with van der Waals surface area (Å²) in [7, 11) is -3.62. The van der Waals surface area contributed by atoms with E-state index in [-0.39, 0.29) is 10.5 Å².